The van der Waals surface area contributed by atoms with Gasteiger partial charge in [-0.05, 0) is 0 Å². The van der Waals surface area contributed by atoms with Gasteiger partial charge in [0.15, 0.2) is 0 Å². The van der Waals surface area contributed by atoms with E-state index in [-0.39, 0.29) is 11.5 Å². The van der Waals surface area contributed by atoms with E-state index >= 15 is 0 Å². The van der Waals surface area contributed by atoms with E-state index in [9.17, 15) is 9.59 Å². The molecule has 0 spiro atoms. The molecule has 0 atom stereocenters. The van der Waals surface area contributed by atoms with Crippen molar-refractivity contribution in [3.05, 3.63) is 22.6 Å². The van der Waals surface area contributed by atoms with Gasteiger partial charge < -0.3 is 10.2 Å². The highest BCUT2D eigenvalue weighted by Gasteiger charge is 2.13. The van der Waals surface area contributed by atoms with E-state index in [0.29, 0.717) is 26.1 Å². The van der Waals surface area contributed by atoms with Crippen molar-refractivity contribution in [1.29, 1.82) is 0 Å². The molecule has 1 aliphatic heterocycles. The van der Waals surface area contributed by atoms with Gasteiger partial charge in [0.25, 0.3) is 5.56 Å². The first-order valence-electron chi connectivity index (χ1n) is 4.82. The van der Waals surface area contributed by atoms with Gasteiger partial charge in [-0.2, -0.15) is 5.10 Å². The number of hydrogen-bond acceptors (Lipinski definition) is 4. The van der Waals surface area contributed by atoms with E-state index in [0.717, 1.165) is 5.69 Å². The number of aromatic nitrogens is 2. The van der Waals surface area contributed by atoms with Crippen LogP contribution in [0.15, 0.2) is 17.1 Å². The maximum absolute atomic E-state index is 11.1. The lowest BCUT2D eigenvalue weighted by Gasteiger charge is -2.20. The molecule has 2 rings (SSSR count). The van der Waals surface area contributed by atoms with Gasteiger partial charge in [0.05, 0.1) is 11.9 Å². The van der Waals surface area contributed by atoms with Crippen LogP contribution >= 0.6 is 0 Å². The largest absolute Gasteiger partial charge is 0.368 e. The zero-order valence-electron chi connectivity index (χ0n) is 8.19. The average Bonchev–Trinajstić information content (AvgIpc) is 2.43. The van der Waals surface area contributed by atoms with Gasteiger partial charge in [0.2, 0.25) is 5.91 Å². The number of nitrogens with zero attached hydrogens (tertiary/aromatic N) is 2. The van der Waals surface area contributed by atoms with Crippen LogP contribution < -0.4 is 15.8 Å². The topological polar surface area (TPSA) is 78.1 Å². The van der Waals surface area contributed by atoms with Crippen molar-refractivity contribution in [1.82, 2.24) is 15.5 Å². The third kappa shape index (κ3) is 2.34. The van der Waals surface area contributed by atoms with Gasteiger partial charge in [0.1, 0.15) is 0 Å². The predicted molar refractivity (Wildman–Crippen MR) is 54.7 cm³/mol. The SMILES string of the molecule is O=C1CCN(c2cn[nH]c(=O)c2)CCN1. The molecule has 1 saturated heterocycles. The summed E-state index contributed by atoms with van der Waals surface area (Å²) in [6, 6.07) is 1.49. The lowest BCUT2D eigenvalue weighted by Crippen LogP contribution is -2.29. The quantitative estimate of drug-likeness (QED) is 0.626. The lowest BCUT2D eigenvalue weighted by atomic mass is 10.3. The number of carbonyl (C=O) groups excluding carboxylic acids is 1. The van der Waals surface area contributed by atoms with Gasteiger partial charge in [0, 0.05) is 32.1 Å². The van der Waals surface area contributed by atoms with Gasteiger partial charge in [-0.1, -0.05) is 0 Å². The smallest absolute Gasteiger partial charge is 0.266 e. The Morgan fingerprint density at radius 2 is 2.20 bits per heavy atom. The standard InChI is InChI=1S/C9H12N4O2/c14-8-1-3-13(4-2-10-8)7-5-9(15)12-11-6-7/h5-6H,1-4H2,(H,10,14)(H,12,15). The molecule has 1 aromatic rings. The zero-order valence-corrected chi connectivity index (χ0v) is 8.19. The van der Waals surface area contributed by atoms with E-state index in [4.69, 9.17) is 0 Å². The summed E-state index contributed by atoms with van der Waals surface area (Å²) in [6.07, 6.45) is 2.05. The van der Waals surface area contributed by atoms with Crippen LogP contribution in [-0.2, 0) is 4.79 Å². The molecule has 2 heterocycles. The van der Waals surface area contributed by atoms with Crippen molar-refractivity contribution in [3.63, 3.8) is 0 Å². The molecule has 0 aliphatic carbocycles. The maximum atomic E-state index is 11.1. The second-order valence-electron chi connectivity index (χ2n) is 3.39. The Morgan fingerprint density at radius 1 is 1.33 bits per heavy atom. The molecule has 0 unspecified atom stereocenters. The summed E-state index contributed by atoms with van der Waals surface area (Å²) in [4.78, 5) is 24.1. The monoisotopic (exact) mass is 208 g/mol. The highest BCUT2D eigenvalue weighted by Crippen LogP contribution is 2.10. The van der Waals surface area contributed by atoms with Crippen molar-refractivity contribution in [2.24, 2.45) is 0 Å². The summed E-state index contributed by atoms with van der Waals surface area (Å²) >= 11 is 0. The molecular weight excluding hydrogens is 196 g/mol. The molecule has 0 bridgehead atoms. The van der Waals surface area contributed by atoms with E-state index < -0.39 is 0 Å². The van der Waals surface area contributed by atoms with E-state index in [2.05, 4.69) is 15.5 Å². The Bertz CT molecular complexity index is 415. The molecule has 0 radical (unpaired) electrons. The predicted octanol–water partition coefficient (Wildman–Crippen LogP) is -0.904. The van der Waals surface area contributed by atoms with Crippen LogP contribution in [0.1, 0.15) is 6.42 Å². The highest BCUT2D eigenvalue weighted by atomic mass is 16.1. The van der Waals surface area contributed by atoms with Crippen LogP contribution in [0, 0.1) is 0 Å². The van der Waals surface area contributed by atoms with E-state index in [1.807, 2.05) is 4.90 Å². The van der Waals surface area contributed by atoms with E-state index in [1.54, 1.807) is 6.20 Å². The zero-order chi connectivity index (χ0) is 10.7. The molecule has 0 aromatic carbocycles. The molecule has 1 fully saturated rings. The second kappa shape index (κ2) is 4.12. The summed E-state index contributed by atoms with van der Waals surface area (Å²) in [5.41, 5.74) is 0.534. The fourth-order valence-electron chi connectivity index (χ4n) is 1.56. The van der Waals surface area contributed by atoms with E-state index in [1.165, 1.54) is 6.07 Å². The Labute approximate surface area is 86.3 Å². The molecule has 6 nitrogen and oxygen atoms in total. The van der Waals surface area contributed by atoms with Crippen LogP contribution in [0.2, 0.25) is 0 Å². The van der Waals surface area contributed by atoms with Crippen molar-refractivity contribution in [3.8, 4) is 0 Å². The summed E-state index contributed by atoms with van der Waals surface area (Å²) in [6.45, 7) is 1.93. The molecule has 1 aliphatic rings. The minimum Gasteiger partial charge on any atom is -0.368 e. The Balaban J connectivity index is 2.16. The van der Waals surface area contributed by atoms with Crippen molar-refractivity contribution < 1.29 is 4.79 Å². The Morgan fingerprint density at radius 3 is 3.00 bits per heavy atom. The molecule has 2 N–H and O–H groups in total. The van der Waals surface area contributed by atoms with Crippen LogP contribution in [0.3, 0.4) is 0 Å². The van der Waals surface area contributed by atoms with Gasteiger partial charge in [-0.15, -0.1) is 0 Å². The lowest BCUT2D eigenvalue weighted by molar-refractivity contribution is -0.120. The number of amides is 1. The number of hydrogen-bond donors (Lipinski definition) is 2. The molecular formula is C9H12N4O2. The summed E-state index contributed by atoms with van der Waals surface area (Å²) < 4.78 is 0. The van der Waals surface area contributed by atoms with Crippen LogP contribution in [-0.4, -0.2) is 35.7 Å². The molecule has 0 saturated carbocycles. The molecule has 15 heavy (non-hydrogen) atoms. The number of aromatic amines is 1. The van der Waals surface area contributed by atoms with Crippen molar-refractivity contribution >= 4 is 11.6 Å². The number of nitrogens with one attached hydrogen (secondary N) is 2. The van der Waals surface area contributed by atoms with Gasteiger partial charge >= 0.3 is 0 Å². The molecule has 1 aromatic heterocycles. The summed E-state index contributed by atoms with van der Waals surface area (Å²) in [5, 5.41) is 8.82. The molecule has 1 amide bonds. The second-order valence-corrected chi connectivity index (χ2v) is 3.39. The number of H-pyrrole nitrogens is 1. The van der Waals surface area contributed by atoms with Gasteiger partial charge in [-0.25, -0.2) is 5.10 Å². The minimum absolute atomic E-state index is 0.0512. The molecule has 6 heteroatoms. The normalized spacial score (nSPS) is 17.1. The summed E-state index contributed by atoms with van der Waals surface area (Å²) in [7, 11) is 0. The first-order chi connectivity index (χ1) is 7.25. The van der Waals surface area contributed by atoms with Crippen molar-refractivity contribution in [2.45, 2.75) is 6.42 Å². The fourth-order valence-corrected chi connectivity index (χ4v) is 1.56. The number of carbonyl (C=O) groups is 1. The number of anilines is 1. The summed E-state index contributed by atoms with van der Waals surface area (Å²) in [5.74, 6) is 0.0512. The third-order valence-electron chi connectivity index (χ3n) is 2.33. The Kier molecular flexibility index (Phi) is 2.66. The van der Waals surface area contributed by atoms with Crippen LogP contribution in [0.5, 0.6) is 0 Å². The van der Waals surface area contributed by atoms with Gasteiger partial charge in [-0.3, -0.25) is 9.59 Å². The third-order valence-corrected chi connectivity index (χ3v) is 2.33. The van der Waals surface area contributed by atoms with Crippen LogP contribution in [0.25, 0.3) is 0 Å². The first kappa shape index (κ1) is 9.70. The van der Waals surface area contributed by atoms with Crippen LogP contribution in [0.4, 0.5) is 5.69 Å². The first-order valence-corrected chi connectivity index (χ1v) is 4.82. The highest BCUT2D eigenvalue weighted by molar-refractivity contribution is 5.77. The molecule has 80 valence electrons. The maximum Gasteiger partial charge on any atom is 0.266 e. The fraction of sp³-hybridized carbons (Fsp3) is 0.444. The van der Waals surface area contributed by atoms with Crippen molar-refractivity contribution in [2.75, 3.05) is 24.5 Å². The Hall–Kier alpha value is -1.85. The number of rotatable bonds is 1. The minimum atomic E-state index is -0.226. The average molecular weight is 208 g/mol.